The molecular weight excluding hydrogens is 345 g/mol. The fourth-order valence-electron chi connectivity index (χ4n) is 2.34. The molecule has 3 aromatic rings. The maximum atomic E-state index is 13.3. The third-order valence-corrected chi connectivity index (χ3v) is 6.23. The van der Waals surface area contributed by atoms with Crippen molar-refractivity contribution in [1.29, 1.82) is 0 Å². The monoisotopic (exact) mass is 361 g/mol. The molecule has 0 fully saturated rings. The smallest absolute Gasteiger partial charge is 0.250 e. The van der Waals surface area contributed by atoms with Crippen LogP contribution in [-0.2, 0) is 14.5 Å². The number of pyridine rings is 2. The highest BCUT2D eigenvalue weighted by Crippen LogP contribution is 2.23. The Bertz CT molecular complexity index is 1080. The van der Waals surface area contributed by atoms with Crippen LogP contribution in [0, 0.1) is 5.82 Å². The van der Waals surface area contributed by atoms with Crippen LogP contribution in [0.5, 0.6) is 0 Å². The van der Waals surface area contributed by atoms with Crippen molar-refractivity contribution in [1.82, 2.24) is 19.7 Å². The standard InChI is InChI=1S/C16H16FN5O2S/c1-10(2)25(24,21-11(3)23)15-4-12-9-22(20-16(12)19-8-15)14-5-13(17)6-18-7-14/h4-10H,1-3H3. The molecule has 0 aliphatic heterocycles. The van der Waals surface area contributed by atoms with Crippen molar-refractivity contribution >= 4 is 26.7 Å². The predicted octanol–water partition coefficient (Wildman–Crippen LogP) is 2.74. The van der Waals surface area contributed by atoms with E-state index < -0.39 is 21.5 Å². The summed E-state index contributed by atoms with van der Waals surface area (Å²) in [6.07, 6.45) is 5.62. The number of hydrogen-bond donors (Lipinski definition) is 0. The number of fused-ring (bicyclic) bond motifs is 1. The van der Waals surface area contributed by atoms with Gasteiger partial charge in [0.05, 0.1) is 32.7 Å². The molecule has 0 aromatic carbocycles. The van der Waals surface area contributed by atoms with E-state index in [1.165, 1.54) is 30.1 Å². The van der Waals surface area contributed by atoms with E-state index in [1.54, 1.807) is 26.1 Å². The van der Waals surface area contributed by atoms with E-state index in [4.69, 9.17) is 0 Å². The van der Waals surface area contributed by atoms with Gasteiger partial charge in [-0.1, -0.05) is 0 Å². The third-order valence-electron chi connectivity index (χ3n) is 3.53. The lowest BCUT2D eigenvalue weighted by molar-refractivity contribution is -0.115. The van der Waals surface area contributed by atoms with Gasteiger partial charge >= 0.3 is 0 Å². The maximum absolute atomic E-state index is 13.3. The minimum Gasteiger partial charge on any atom is -0.272 e. The van der Waals surface area contributed by atoms with Gasteiger partial charge in [0.1, 0.15) is 5.82 Å². The highest BCUT2D eigenvalue weighted by molar-refractivity contribution is 7.94. The first-order chi connectivity index (χ1) is 11.8. The number of rotatable bonds is 3. The largest absolute Gasteiger partial charge is 0.272 e. The summed E-state index contributed by atoms with van der Waals surface area (Å²) in [6, 6.07) is 2.94. The Kier molecular flexibility index (Phi) is 4.34. The summed E-state index contributed by atoms with van der Waals surface area (Å²) in [4.78, 5) is 19.8. The second kappa shape index (κ2) is 6.32. The molecule has 25 heavy (non-hydrogen) atoms. The number of aromatic nitrogens is 4. The lowest BCUT2D eigenvalue weighted by atomic mass is 10.3. The van der Waals surface area contributed by atoms with Crippen molar-refractivity contribution in [3.63, 3.8) is 0 Å². The molecule has 3 rings (SSSR count). The van der Waals surface area contributed by atoms with Gasteiger partial charge in [-0.25, -0.2) is 18.3 Å². The van der Waals surface area contributed by atoms with Crippen molar-refractivity contribution in [3.05, 3.63) is 42.7 Å². The number of halogens is 1. The van der Waals surface area contributed by atoms with Gasteiger partial charge in [0, 0.05) is 36.0 Å². The number of amides is 1. The average Bonchev–Trinajstić information content (AvgIpc) is 2.97. The van der Waals surface area contributed by atoms with Crippen LogP contribution in [0.4, 0.5) is 4.39 Å². The normalized spacial score (nSPS) is 13.8. The zero-order valence-electron chi connectivity index (χ0n) is 13.9. The first kappa shape index (κ1) is 17.2. The van der Waals surface area contributed by atoms with Crippen LogP contribution in [0.3, 0.4) is 0 Å². The van der Waals surface area contributed by atoms with E-state index in [1.807, 2.05) is 0 Å². The van der Waals surface area contributed by atoms with Gasteiger partial charge in [-0.15, -0.1) is 5.10 Å². The molecule has 1 amide bonds. The van der Waals surface area contributed by atoms with Crippen molar-refractivity contribution in [2.45, 2.75) is 30.9 Å². The molecule has 3 heterocycles. The molecule has 1 atom stereocenters. The van der Waals surface area contributed by atoms with Gasteiger partial charge in [-0.2, -0.15) is 4.36 Å². The maximum Gasteiger partial charge on any atom is 0.250 e. The van der Waals surface area contributed by atoms with E-state index >= 15 is 0 Å². The van der Waals surface area contributed by atoms with Crippen molar-refractivity contribution in [2.75, 3.05) is 0 Å². The summed E-state index contributed by atoms with van der Waals surface area (Å²) in [7, 11) is -2.93. The molecule has 130 valence electrons. The highest BCUT2D eigenvalue weighted by atomic mass is 32.2. The van der Waals surface area contributed by atoms with Crippen LogP contribution in [0.1, 0.15) is 20.8 Å². The lowest BCUT2D eigenvalue weighted by Gasteiger charge is -2.12. The molecule has 3 aromatic heterocycles. The Morgan fingerprint density at radius 2 is 2.04 bits per heavy atom. The fourth-order valence-corrected chi connectivity index (χ4v) is 4.08. The number of hydrogen-bond acceptors (Lipinski definition) is 5. The predicted molar refractivity (Wildman–Crippen MR) is 91.3 cm³/mol. The van der Waals surface area contributed by atoms with E-state index in [-0.39, 0.29) is 5.25 Å². The van der Waals surface area contributed by atoms with Crippen LogP contribution in [0.2, 0.25) is 0 Å². The lowest BCUT2D eigenvalue weighted by Crippen LogP contribution is -2.15. The molecule has 7 nitrogen and oxygen atoms in total. The van der Waals surface area contributed by atoms with Gasteiger partial charge in [0.2, 0.25) is 0 Å². The number of carbonyl (C=O) groups is 1. The summed E-state index contributed by atoms with van der Waals surface area (Å²) in [5.41, 5.74) is 0.846. The second-order valence-electron chi connectivity index (χ2n) is 5.75. The summed E-state index contributed by atoms with van der Waals surface area (Å²) in [5, 5.41) is 4.50. The van der Waals surface area contributed by atoms with Crippen molar-refractivity contribution in [3.8, 4) is 5.69 Å². The van der Waals surface area contributed by atoms with Gasteiger partial charge in [0.25, 0.3) is 5.91 Å². The zero-order chi connectivity index (χ0) is 18.2. The number of nitrogens with zero attached hydrogens (tertiary/aromatic N) is 5. The van der Waals surface area contributed by atoms with E-state index in [2.05, 4.69) is 19.4 Å². The topological polar surface area (TPSA) is 90.1 Å². The average molecular weight is 361 g/mol. The van der Waals surface area contributed by atoms with E-state index in [0.717, 1.165) is 6.20 Å². The second-order valence-corrected chi connectivity index (χ2v) is 8.48. The Hall–Kier alpha value is -2.68. The van der Waals surface area contributed by atoms with Crippen molar-refractivity contribution in [2.24, 2.45) is 4.36 Å². The Labute approximate surface area is 144 Å². The zero-order valence-corrected chi connectivity index (χ0v) is 14.7. The molecule has 0 saturated carbocycles. The van der Waals surface area contributed by atoms with Crippen LogP contribution in [0.25, 0.3) is 16.7 Å². The number of carbonyl (C=O) groups excluding carboxylic acids is 1. The minimum absolute atomic E-state index is 0.363. The molecule has 0 aliphatic rings. The molecule has 0 bridgehead atoms. The summed E-state index contributed by atoms with van der Waals surface area (Å²) in [5.74, 6) is -0.978. The Balaban J connectivity index is 2.15. The first-order valence-corrected chi connectivity index (χ1v) is 9.10. The van der Waals surface area contributed by atoms with Gasteiger partial charge in [-0.05, 0) is 19.9 Å². The highest BCUT2D eigenvalue weighted by Gasteiger charge is 2.20. The van der Waals surface area contributed by atoms with Crippen LogP contribution in [0.15, 0.2) is 46.2 Å². The SMILES string of the molecule is CC(=O)N=S(=O)(c1cnc2nn(-c3cncc(F)c3)cc2c1)C(C)C. The van der Waals surface area contributed by atoms with E-state index in [9.17, 15) is 13.4 Å². The molecule has 0 spiro atoms. The molecule has 0 radical (unpaired) electrons. The Morgan fingerprint density at radius 1 is 1.28 bits per heavy atom. The molecule has 0 saturated heterocycles. The fraction of sp³-hybridized carbons (Fsp3) is 0.250. The van der Waals surface area contributed by atoms with Crippen LogP contribution >= 0.6 is 0 Å². The molecule has 0 N–H and O–H groups in total. The molecule has 0 aliphatic carbocycles. The van der Waals surface area contributed by atoms with Crippen LogP contribution in [-0.4, -0.2) is 35.1 Å². The van der Waals surface area contributed by atoms with Crippen molar-refractivity contribution < 1.29 is 13.4 Å². The molecule has 1 unspecified atom stereocenters. The molecular formula is C16H16FN5O2S. The van der Waals surface area contributed by atoms with Crippen LogP contribution < -0.4 is 0 Å². The third kappa shape index (κ3) is 3.27. The van der Waals surface area contributed by atoms with E-state index in [0.29, 0.717) is 21.6 Å². The summed E-state index contributed by atoms with van der Waals surface area (Å²) < 4.78 is 31.8. The first-order valence-electron chi connectivity index (χ1n) is 7.52. The summed E-state index contributed by atoms with van der Waals surface area (Å²) >= 11 is 0. The molecule has 9 heteroatoms. The quantitative estimate of drug-likeness (QED) is 0.715. The van der Waals surface area contributed by atoms with Gasteiger partial charge in [0.15, 0.2) is 5.65 Å². The summed E-state index contributed by atoms with van der Waals surface area (Å²) in [6.45, 7) is 4.74. The Morgan fingerprint density at radius 3 is 2.68 bits per heavy atom. The minimum atomic E-state index is -2.93. The van der Waals surface area contributed by atoms with Gasteiger partial charge < -0.3 is 0 Å². The van der Waals surface area contributed by atoms with Gasteiger partial charge in [-0.3, -0.25) is 9.78 Å².